The van der Waals surface area contributed by atoms with Crippen molar-refractivity contribution < 1.29 is 14.6 Å². The van der Waals surface area contributed by atoms with E-state index >= 15 is 0 Å². The first-order chi connectivity index (χ1) is 14.5. The number of ether oxygens (including phenoxy) is 2. The molecule has 1 aromatic carbocycles. The summed E-state index contributed by atoms with van der Waals surface area (Å²) in [4.78, 5) is 25.9. The Labute approximate surface area is 174 Å². The minimum Gasteiger partial charge on any atom is -0.490 e. The normalized spacial score (nSPS) is 24.4. The van der Waals surface area contributed by atoms with E-state index in [0.29, 0.717) is 31.2 Å². The van der Waals surface area contributed by atoms with Gasteiger partial charge in [0.25, 0.3) is 5.56 Å². The molecule has 162 valence electrons. The molecule has 0 amide bonds. The topological polar surface area (TPSA) is 106 Å². The molecule has 0 unspecified atom stereocenters. The number of aliphatic hydroxyl groups excluding tert-OH is 1. The van der Waals surface area contributed by atoms with Gasteiger partial charge in [-0.25, -0.2) is 4.79 Å². The highest BCUT2D eigenvalue weighted by atomic mass is 16.5. The molecule has 0 radical (unpaired) electrons. The molecule has 3 atom stereocenters. The second-order valence-electron chi connectivity index (χ2n) is 8.21. The molecule has 1 aromatic heterocycles. The van der Waals surface area contributed by atoms with Gasteiger partial charge in [0.05, 0.1) is 18.3 Å². The number of rotatable bonds is 7. The smallest absolute Gasteiger partial charge is 0.330 e. The number of H-pyrrole nitrogens is 1. The second kappa shape index (κ2) is 9.16. The summed E-state index contributed by atoms with van der Waals surface area (Å²) in [6, 6.07) is 8.05. The first kappa shape index (κ1) is 20.8. The first-order valence-electron chi connectivity index (χ1n) is 10.6. The van der Waals surface area contributed by atoms with Crippen LogP contribution < -0.4 is 21.3 Å². The van der Waals surface area contributed by atoms with Gasteiger partial charge in [-0.2, -0.15) is 0 Å². The van der Waals surface area contributed by atoms with Gasteiger partial charge in [-0.05, 0) is 50.3 Å². The van der Waals surface area contributed by atoms with Crippen LogP contribution in [0.1, 0.15) is 49.5 Å². The third kappa shape index (κ3) is 4.83. The van der Waals surface area contributed by atoms with E-state index in [4.69, 9.17) is 9.47 Å². The van der Waals surface area contributed by atoms with Crippen LogP contribution in [0, 0.1) is 6.92 Å². The van der Waals surface area contributed by atoms with E-state index in [1.165, 1.54) is 23.6 Å². The number of aromatic nitrogens is 2. The molecule has 30 heavy (non-hydrogen) atoms. The monoisotopic (exact) mass is 415 g/mol. The minimum atomic E-state index is -0.696. The minimum absolute atomic E-state index is 0.294. The van der Waals surface area contributed by atoms with Crippen LogP contribution in [-0.4, -0.2) is 39.5 Å². The lowest BCUT2D eigenvalue weighted by Crippen LogP contribution is -2.35. The Kier molecular flexibility index (Phi) is 6.36. The van der Waals surface area contributed by atoms with Crippen molar-refractivity contribution in [2.75, 3.05) is 6.54 Å². The van der Waals surface area contributed by atoms with E-state index in [2.05, 4.69) is 10.3 Å². The highest BCUT2D eigenvalue weighted by molar-refractivity contribution is 5.28. The molecular formula is C22H29N3O5. The standard InChI is InChI=1S/C22H29N3O5/c1-14-13-25(22(28)24-21(14)27)20-10-18(26)19(30-20)12-23-11-15-5-4-8-17(9-15)29-16-6-2-3-7-16/h4-5,8-9,13,16,18-20,23,26H,2-3,6-7,10-12H2,1H3,(H,24,27,28)/t18-,19+,20+/m0/s1. The largest absolute Gasteiger partial charge is 0.490 e. The van der Waals surface area contributed by atoms with Crippen LogP contribution in [-0.2, 0) is 11.3 Å². The molecule has 1 aliphatic heterocycles. The number of aryl methyl sites for hydroxylation is 1. The number of benzene rings is 1. The molecule has 1 saturated carbocycles. The van der Waals surface area contributed by atoms with Gasteiger partial charge in [-0.15, -0.1) is 0 Å². The zero-order chi connectivity index (χ0) is 21.1. The maximum absolute atomic E-state index is 12.1. The summed E-state index contributed by atoms with van der Waals surface area (Å²) in [5, 5.41) is 13.7. The fraction of sp³-hybridized carbons (Fsp3) is 0.545. The van der Waals surface area contributed by atoms with E-state index in [-0.39, 0.29) is 0 Å². The van der Waals surface area contributed by atoms with E-state index < -0.39 is 29.7 Å². The van der Waals surface area contributed by atoms with Crippen LogP contribution >= 0.6 is 0 Å². The first-order valence-corrected chi connectivity index (χ1v) is 10.6. The summed E-state index contributed by atoms with van der Waals surface area (Å²) >= 11 is 0. The van der Waals surface area contributed by atoms with E-state index in [1.807, 2.05) is 24.3 Å². The Balaban J connectivity index is 1.31. The summed E-state index contributed by atoms with van der Waals surface area (Å²) in [6.07, 6.45) is 5.09. The van der Waals surface area contributed by atoms with Gasteiger partial charge in [-0.1, -0.05) is 12.1 Å². The van der Waals surface area contributed by atoms with Crippen LogP contribution in [0.15, 0.2) is 40.1 Å². The Bertz CT molecular complexity index is 979. The quantitative estimate of drug-likeness (QED) is 0.634. The predicted molar refractivity (Wildman–Crippen MR) is 112 cm³/mol. The summed E-state index contributed by atoms with van der Waals surface area (Å²) in [5.41, 5.74) is 0.582. The molecule has 3 N–H and O–H groups in total. The predicted octanol–water partition coefficient (Wildman–Crippen LogP) is 1.60. The average molecular weight is 415 g/mol. The van der Waals surface area contributed by atoms with Gasteiger partial charge >= 0.3 is 5.69 Å². The van der Waals surface area contributed by atoms with E-state index in [0.717, 1.165) is 24.2 Å². The van der Waals surface area contributed by atoms with Crippen molar-refractivity contribution in [1.82, 2.24) is 14.9 Å². The van der Waals surface area contributed by atoms with Gasteiger partial charge in [0, 0.05) is 31.3 Å². The number of aliphatic hydroxyl groups is 1. The molecular weight excluding hydrogens is 386 g/mol. The lowest BCUT2D eigenvalue weighted by atomic mass is 10.1. The zero-order valence-electron chi connectivity index (χ0n) is 17.2. The molecule has 2 aliphatic rings. The van der Waals surface area contributed by atoms with Crippen LogP contribution in [0.2, 0.25) is 0 Å². The van der Waals surface area contributed by atoms with E-state index in [9.17, 15) is 14.7 Å². The number of hydrogen-bond acceptors (Lipinski definition) is 6. The van der Waals surface area contributed by atoms with Crippen LogP contribution in [0.3, 0.4) is 0 Å². The van der Waals surface area contributed by atoms with Gasteiger partial charge in [0.2, 0.25) is 0 Å². The second-order valence-corrected chi connectivity index (χ2v) is 8.21. The van der Waals surface area contributed by atoms with Crippen molar-refractivity contribution in [3.05, 3.63) is 62.4 Å². The summed E-state index contributed by atoms with van der Waals surface area (Å²) in [5.74, 6) is 0.895. The third-order valence-corrected chi connectivity index (χ3v) is 5.84. The van der Waals surface area contributed by atoms with Crippen molar-refractivity contribution >= 4 is 0 Å². The number of nitrogens with one attached hydrogen (secondary N) is 2. The van der Waals surface area contributed by atoms with Crippen molar-refractivity contribution in [3.8, 4) is 5.75 Å². The molecule has 0 spiro atoms. The fourth-order valence-corrected chi connectivity index (χ4v) is 4.16. The highest BCUT2D eigenvalue weighted by Crippen LogP contribution is 2.27. The van der Waals surface area contributed by atoms with Gasteiger partial charge in [0.15, 0.2) is 0 Å². The van der Waals surface area contributed by atoms with E-state index in [1.54, 1.807) is 6.92 Å². The molecule has 1 aliphatic carbocycles. The Morgan fingerprint density at radius 3 is 2.90 bits per heavy atom. The molecule has 2 aromatic rings. The average Bonchev–Trinajstić information content (AvgIpc) is 3.35. The fourth-order valence-electron chi connectivity index (χ4n) is 4.16. The number of nitrogens with zero attached hydrogens (tertiary/aromatic N) is 1. The van der Waals surface area contributed by atoms with Crippen molar-refractivity contribution in [1.29, 1.82) is 0 Å². The molecule has 0 bridgehead atoms. The maximum atomic E-state index is 12.1. The molecule has 1 saturated heterocycles. The molecule has 4 rings (SSSR count). The maximum Gasteiger partial charge on any atom is 0.330 e. The molecule has 8 heteroatoms. The number of hydrogen-bond donors (Lipinski definition) is 3. The zero-order valence-corrected chi connectivity index (χ0v) is 17.2. The lowest BCUT2D eigenvalue weighted by molar-refractivity contribution is -0.0194. The molecule has 8 nitrogen and oxygen atoms in total. The van der Waals surface area contributed by atoms with Gasteiger partial charge < -0.3 is 19.9 Å². The van der Waals surface area contributed by atoms with Crippen LogP contribution in [0.5, 0.6) is 5.75 Å². The Morgan fingerprint density at radius 2 is 2.10 bits per heavy atom. The Hall–Kier alpha value is -2.42. The highest BCUT2D eigenvalue weighted by Gasteiger charge is 2.35. The van der Waals surface area contributed by atoms with Gasteiger partial charge in [0.1, 0.15) is 12.0 Å². The lowest BCUT2D eigenvalue weighted by Gasteiger charge is -2.17. The molecule has 2 fully saturated rings. The SMILES string of the molecule is Cc1cn([C@H]2C[C@H](O)[C@@H](CNCc3cccc(OC4CCCC4)c3)O2)c(=O)[nH]c1=O. The third-order valence-electron chi connectivity index (χ3n) is 5.84. The van der Waals surface area contributed by atoms with Crippen LogP contribution in [0.4, 0.5) is 0 Å². The van der Waals surface area contributed by atoms with Crippen LogP contribution in [0.25, 0.3) is 0 Å². The van der Waals surface area contributed by atoms with Crippen molar-refractivity contribution in [2.45, 2.75) is 70.1 Å². The summed E-state index contributed by atoms with van der Waals surface area (Å²) < 4.78 is 13.3. The Morgan fingerprint density at radius 1 is 1.30 bits per heavy atom. The number of aromatic amines is 1. The van der Waals surface area contributed by atoms with Crippen molar-refractivity contribution in [3.63, 3.8) is 0 Å². The summed E-state index contributed by atoms with van der Waals surface area (Å²) in [7, 11) is 0. The van der Waals surface area contributed by atoms with Crippen molar-refractivity contribution in [2.24, 2.45) is 0 Å². The van der Waals surface area contributed by atoms with Gasteiger partial charge in [-0.3, -0.25) is 14.3 Å². The summed E-state index contributed by atoms with van der Waals surface area (Å²) in [6.45, 7) is 2.70. The molecule has 2 heterocycles.